The van der Waals surface area contributed by atoms with E-state index in [2.05, 4.69) is 33.1 Å². The number of rotatable bonds is 17. The number of amides is 1. The zero-order chi connectivity index (χ0) is 19.0. The molecule has 5 heteroatoms. The summed E-state index contributed by atoms with van der Waals surface area (Å²) in [6, 6.07) is 0. The monoisotopic (exact) mass is 392 g/mol. The summed E-state index contributed by atoms with van der Waals surface area (Å²) in [5.41, 5.74) is 0. The number of carbonyl (C=O) groups excluding carboxylic acids is 1. The highest BCUT2D eigenvalue weighted by Gasteiger charge is 2.21. The molecule has 4 nitrogen and oxygen atoms in total. The van der Waals surface area contributed by atoms with Gasteiger partial charge in [0.05, 0.1) is 20.1 Å². The van der Waals surface area contributed by atoms with Crippen molar-refractivity contribution in [1.82, 2.24) is 5.32 Å². The Bertz CT molecular complexity index is 323. The molecule has 0 saturated heterocycles. The third kappa shape index (κ3) is 15.9. The lowest BCUT2D eigenvalue weighted by Gasteiger charge is -2.34. The third-order valence-electron chi connectivity index (χ3n) is 5.47. The molecule has 0 heterocycles. The summed E-state index contributed by atoms with van der Waals surface area (Å²) in [6.07, 6.45) is 13.0. The molecule has 0 aliphatic rings. The van der Waals surface area contributed by atoms with Gasteiger partial charge in [-0.3, -0.25) is 4.79 Å². The Morgan fingerprint density at radius 2 is 1.35 bits per heavy atom. The average Bonchev–Trinajstić information content (AvgIpc) is 2.61. The Hall–Kier alpha value is -0.320. The van der Waals surface area contributed by atoms with Crippen molar-refractivity contribution in [3.05, 3.63) is 0 Å². The summed E-state index contributed by atoms with van der Waals surface area (Å²) < 4.78 is 0.843. The fourth-order valence-electron chi connectivity index (χ4n) is 3.15. The number of unbranched alkanes of at least 4 members (excludes halogenated alkanes) is 9. The molecule has 0 aliphatic carbocycles. The van der Waals surface area contributed by atoms with Gasteiger partial charge < -0.3 is 27.3 Å². The topological polar surface area (TPSA) is 49.3 Å². The van der Waals surface area contributed by atoms with Crippen LogP contribution in [0.25, 0.3) is 0 Å². The van der Waals surface area contributed by atoms with Crippen LogP contribution >= 0.6 is 0 Å². The maximum atomic E-state index is 11.9. The Kier molecular flexibility index (Phi) is 19.4. The Balaban J connectivity index is 0. The van der Waals surface area contributed by atoms with Crippen molar-refractivity contribution < 1.29 is 26.8 Å². The lowest BCUT2D eigenvalue weighted by molar-refractivity contribution is -0.908. The number of quaternary nitrogens is 1. The number of aliphatic hydroxyl groups excluding tert-OH is 1. The molecular formula is C21H45ClN2O2. The molecule has 1 amide bonds. The van der Waals surface area contributed by atoms with E-state index < -0.39 is 6.10 Å². The van der Waals surface area contributed by atoms with Gasteiger partial charge in [0.15, 0.2) is 0 Å². The van der Waals surface area contributed by atoms with Gasteiger partial charge in [-0.05, 0) is 20.3 Å². The largest absolute Gasteiger partial charge is 1.00 e. The molecule has 158 valence electrons. The summed E-state index contributed by atoms with van der Waals surface area (Å²) in [7, 11) is 2.15. The van der Waals surface area contributed by atoms with Crippen molar-refractivity contribution in [2.24, 2.45) is 0 Å². The number of likely N-dealkylation sites (N-methyl/N-ethyl adjacent to an activating group) is 1. The van der Waals surface area contributed by atoms with E-state index in [1.807, 2.05) is 0 Å². The second kappa shape index (κ2) is 18.1. The van der Waals surface area contributed by atoms with E-state index in [1.165, 1.54) is 51.4 Å². The van der Waals surface area contributed by atoms with Crippen LogP contribution in [0.1, 0.15) is 91.4 Å². The van der Waals surface area contributed by atoms with E-state index in [1.54, 1.807) is 0 Å². The van der Waals surface area contributed by atoms with Gasteiger partial charge in [-0.15, -0.1) is 0 Å². The summed E-state index contributed by atoms with van der Waals surface area (Å²) >= 11 is 0. The van der Waals surface area contributed by atoms with E-state index in [-0.39, 0.29) is 18.3 Å². The van der Waals surface area contributed by atoms with Gasteiger partial charge in [0.1, 0.15) is 12.6 Å². The Morgan fingerprint density at radius 3 is 1.81 bits per heavy atom. The summed E-state index contributed by atoms with van der Waals surface area (Å²) in [6.45, 7) is 9.61. The predicted octanol–water partition coefficient (Wildman–Crippen LogP) is 1.26. The van der Waals surface area contributed by atoms with E-state index in [0.29, 0.717) is 19.5 Å². The van der Waals surface area contributed by atoms with Crippen molar-refractivity contribution in [1.29, 1.82) is 0 Å². The molecule has 1 atom stereocenters. The number of hydrogen-bond donors (Lipinski definition) is 2. The first-order valence-corrected chi connectivity index (χ1v) is 10.8. The molecule has 0 bridgehead atoms. The maximum Gasteiger partial charge on any atom is 0.220 e. The first-order chi connectivity index (χ1) is 12.0. The highest BCUT2D eigenvalue weighted by Crippen LogP contribution is 2.11. The average molecular weight is 393 g/mol. The number of halogens is 1. The number of nitrogens with zero attached hydrogens (tertiary/aromatic N) is 1. The van der Waals surface area contributed by atoms with Crippen LogP contribution in [0.2, 0.25) is 0 Å². The van der Waals surface area contributed by atoms with E-state index in [0.717, 1.165) is 30.4 Å². The third-order valence-corrected chi connectivity index (χ3v) is 5.47. The first-order valence-electron chi connectivity index (χ1n) is 10.8. The van der Waals surface area contributed by atoms with E-state index >= 15 is 0 Å². The molecular weight excluding hydrogens is 348 g/mol. The van der Waals surface area contributed by atoms with Crippen LogP contribution in [0.5, 0.6) is 0 Å². The van der Waals surface area contributed by atoms with Crippen molar-refractivity contribution >= 4 is 5.91 Å². The van der Waals surface area contributed by atoms with Crippen LogP contribution in [-0.2, 0) is 4.79 Å². The molecule has 0 aromatic heterocycles. The number of hydrogen-bond acceptors (Lipinski definition) is 2. The molecule has 26 heavy (non-hydrogen) atoms. The standard InChI is InChI=1S/C21H44N2O2.ClH/c1-5-8-9-10-11-12-13-14-15-16-17-21(25)22-18-20(24)19-23(4,6-2)7-3;/h20,24H,5-19H2,1-4H3;1H. The molecule has 0 saturated carbocycles. The summed E-state index contributed by atoms with van der Waals surface area (Å²) in [5, 5.41) is 13.0. The highest BCUT2D eigenvalue weighted by atomic mass is 35.5. The van der Waals surface area contributed by atoms with Crippen molar-refractivity contribution in [2.75, 3.05) is 33.2 Å². The summed E-state index contributed by atoms with van der Waals surface area (Å²) in [4.78, 5) is 11.9. The van der Waals surface area contributed by atoms with E-state index in [9.17, 15) is 9.90 Å². The molecule has 0 aliphatic heterocycles. The van der Waals surface area contributed by atoms with Crippen LogP contribution in [0, 0.1) is 0 Å². The number of carbonyl (C=O) groups is 1. The quantitative estimate of drug-likeness (QED) is 0.289. The van der Waals surface area contributed by atoms with Gasteiger partial charge in [-0.25, -0.2) is 0 Å². The molecule has 0 spiro atoms. The van der Waals surface area contributed by atoms with Gasteiger partial charge in [-0.1, -0.05) is 64.7 Å². The molecule has 0 radical (unpaired) electrons. The minimum atomic E-state index is -0.457. The molecule has 0 rings (SSSR count). The Labute approximate surface area is 169 Å². The van der Waals surface area contributed by atoms with Crippen molar-refractivity contribution in [3.8, 4) is 0 Å². The smallest absolute Gasteiger partial charge is 0.220 e. The van der Waals surface area contributed by atoms with Crippen LogP contribution in [0.3, 0.4) is 0 Å². The molecule has 0 fully saturated rings. The van der Waals surface area contributed by atoms with Crippen molar-refractivity contribution in [3.63, 3.8) is 0 Å². The maximum absolute atomic E-state index is 11.9. The highest BCUT2D eigenvalue weighted by molar-refractivity contribution is 5.75. The predicted molar refractivity (Wildman–Crippen MR) is 108 cm³/mol. The zero-order valence-corrected chi connectivity index (χ0v) is 18.6. The molecule has 0 aromatic carbocycles. The lowest BCUT2D eigenvalue weighted by Crippen LogP contribution is -3.00. The van der Waals surface area contributed by atoms with Gasteiger partial charge >= 0.3 is 0 Å². The fraction of sp³-hybridized carbons (Fsp3) is 0.952. The second-order valence-electron chi connectivity index (χ2n) is 7.82. The minimum Gasteiger partial charge on any atom is -1.00 e. The van der Waals surface area contributed by atoms with Crippen LogP contribution in [0.15, 0.2) is 0 Å². The van der Waals surface area contributed by atoms with Crippen LogP contribution in [-0.4, -0.2) is 54.8 Å². The zero-order valence-electron chi connectivity index (χ0n) is 17.9. The van der Waals surface area contributed by atoms with Gasteiger partial charge in [0.25, 0.3) is 0 Å². The fourth-order valence-corrected chi connectivity index (χ4v) is 3.15. The minimum absolute atomic E-state index is 0. The van der Waals surface area contributed by atoms with Crippen LogP contribution in [0.4, 0.5) is 0 Å². The second-order valence-corrected chi connectivity index (χ2v) is 7.82. The first kappa shape index (κ1) is 27.9. The van der Waals surface area contributed by atoms with Crippen molar-refractivity contribution in [2.45, 2.75) is 97.5 Å². The normalized spacial score (nSPS) is 12.5. The van der Waals surface area contributed by atoms with Gasteiger partial charge in [-0.2, -0.15) is 0 Å². The molecule has 0 aromatic rings. The number of aliphatic hydroxyl groups is 1. The Morgan fingerprint density at radius 1 is 0.885 bits per heavy atom. The van der Waals surface area contributed by atoms with Gasteiger partial charge in [0.2, 0.25) is 5.91 Å². The summed E-state index contributed by atoms with van der Waals surface area (Å²) in [5.74, 6) is 0.0841. The number of nitrogens with one attached hydrogen (secondary N) is 1. The molecule has 1 unspecified atom stereocenters. The molecule has 2 N–H and O–H groups in total. The van der Waals surface area contributed by atoms with Gasteiger partial charge in [0, 0.05) is 13.0 Å². The van der Waals surface area contributed by atoms with Crippen LogP contribution < -0.4 is 17.7 Å². The lowest BCUT2D eigenvalue weighted by atomic mass is 10.1. The SMILES string of the molecule is CCCCCCCCCCCCC(=O)NCC(O)C[N+](C)(CC)CC.[Cl-]. The van der Waals surface area contributed by atoms with E-state index in [4.69, 9.17) is 0 Å².